The van der Waals surface area contributed by atoms with Gasteiger partial charge in [-0.05, 0) is 43.3 Å². The summed E-state index contributed by atoms with van der Waals surface area (Å²) in [5.41, 5.74) is 5.61. The molecule has 1 aliphatic heterocycles. The van der Waals surface area contributed by atoms with Crippen LogP contribution in [0.15, 0.2) is 54.7 Å². The Hall–Kier alpha value is -3.87. The molecular weight excluding hydrogens is 364 g/mol. The number of amides is 1. The number of aryl methyl sites for hydroxylation is 1. The van der Waals surface area contributed by atoms with E-state index in [0.717, 1.165) is 45.0 Å². The first-order valence-electron chi connectivity index (χ1n) is 9.42. The van der Waals surface area contributed by atoms with E-state index in [9.17, 15) is 4.79 Å². The van der Waals surface area contributed by atoms with Gasteiger partial charge in [-0.1, -0.05) is 6.07 Å². The van der Waals surface area contributed by atoms with Gasteiger partial charge in [0.1, 0.15) is 5.82 Å². The van der Waals surface area contributed by atoms with Crippen LogP contribution in [0.2, 0.25) is 0 Å². The van der Waals surface area contributed by atoms with Gasteiger partial charge in [0, 0.05) is 58.5 Å². The van der Waals surface area contributed by atoms with Crippen molar-refractivity contribution in [1.29, 1.82) is 0 Å². The predicted octanol–water partition coefficient (Wildman–Crippen LogP) is 4.27. The molecular formula is C22H20N6O. The summed E-state index contributed by atoms with van der Waals surface area (Å²) in [6.45, 7) is 1.94. The fourth-order valence-electron chi connectivity index (χ4n) is 3.65. The number of hydrogen-bond donors (Lipinski definition) is 3. The number of nitrogens with one attached hydrogen (secondary N) is 3. The van der Waals surface area contributed by atoms with Gasteiger partial charge in [-0.2, -0.15) is 4.98 Å². The summed E-state index contributed by atoms with van der Waals surface area (Å²) in [7, 11) is 1.99. The quantitative estimate of drug-likeness (QED) is 0.489. The molecule has 0 saturated carbocycles. The Morgan fingerprint density at radius 1 is 1.10 bits per heavy atom. The van der Waals surface area contributed by atoms with Gasteiger partial charge < -0.3 is 20.5 Å². The van der Waals surface area contributed by atoms with Gasteiger partial charge >= 0.3 is 0 Å². The highest BCUT2D eigenvalue weighted by Gasteiger charge is 2.21. The minimum atomic E-state index is -0.0000167. The Labute approximate surface area is 167 Å². The Morgan fingerprint density at radius 2 is 2.00 bits per heavy atom. The highest BCUT2D eigenvalue weighted by molar-refractivity contribution is 6.01. The Bertz CT molecular complexity index is 1250. The zero-order valence-electron chi connectivity index (χ0n) is 16.2. The lowest BCUT2D eigenvalue weighted by Gasteiger charge is -2.20. The number of benzene rings is 2. The average molecular weight is 384 g/mol. The minimum Gasteiger partial charge on any atom is -0.361 e. The standard InChI is InChI=1S/C22H20N6O/c1-13-10-20(28(2)15-6-7-17-14(11-15)8-9-23-17)27-22(24-13)26-19-5-3-4-18-16(19)12-21(29)25-18/h3-11,23H,12H2,1-2H3,(H,25,29)(H,24,26,27). The molecule has 2 aromatic heterocycles. The second-order valence-corrected chi connectivity index (χ2v) is 7.18. The summed E-state index contributed by atoms with van der Waals surface area (Å²) >= 11 is 0. The number of nitrogens with zero attached hydrogens (tertiary/aromatic N) is 3. The summed E-state index contributed by atoms with van der Waals surface area (Å²) in [4.78, 5) is 26.2. The van der Waals surface area contributed by atoms with Crippen LogP contribution in [0, 0.1) is 6.92 Å². The molecule has 3 N–H and O–H groups in total. The minimum absolute atomic E-state index is 0.0000167. The maximum atomic E-state index is 11.8. The van der Waals surface area contributed by atoms with E-state index >= 15 is 0 Å². The molecule has 0 saturated heterocycles. The first kappa shape index (κ1) is 17.2. The van der Waals surface area contributed by atoms with Crippen molar-refractivity contribution in [2.75, 3.05) is 22.6 Å². The molecule has 1 amide bonds. The van der Waals surface area contributed by atoms with Gasteiger partial charge in [-0.25, -0.2) is 4.98 Å². The van der Waals surface area contributed by atoms with Crippen LogP contribution in [-0.4, -0.2) is 27.9 Å². The van der Waals surface area contributed by atoms with E-state index in [1.807, 2.05) is 49.3 Å². The van der Waals surface area contributed by atoms with Gasteiger partial charge in [0.25, 0.3) is 0 Å². The maximum Gasteiger partial charge on any atom is 0.229 e. The molecule has 2 aromatic carbocycles. The van der Waals surface area contributed by atoms with Gasteiger partial charge in [0.05, 0.1) is 6.42 Å². The number of H-pyrrole nitrogens is 1. The summed E-state index contributed by atoms with van der Waals surface area (Å²) < 4.78 is 0. The summed E-state index contributed by atoms with van der Waals surface area (Å²) in [6, 6.07) is 16.0. The van der Waals surface area contributed by atoms with Crippen molar-refractivity contribution in [2.24, 2.45) is 0 Å². The van der Waals surface area contributed by atoms with Crippen LogP contribution in [0.1, 0.15) is 11.3 Å². The molecule has 7 heteroatoms. The number of rotatable bonds is 4. The predicted molar refractivity (Wildman–Crippen MR) is 115 cm³/mol. The smallest absolute Gasteiger partial charge is 0.229 e. The van der Waals surface area contributed by atoms with Crippen molar-refractivity contribution in [3.8, 4) is 0 Å². The molecule has 0 unspecified atom stereocenters. The maximum absolute atomic E-state index is 11.8. The largest absolute Gasteiger partial charge is 0.361 e. The summed E-state index contributed by atoms with van der Waals surface area (Å²) in [5, 5.41) is 7.31. The molecule has 5 rings (SSSR count). The van der Waals surface area contributed by atoms with Gasteiger partial charge in [-0.15, -0.1) is 0 Å². The van der Waals surface area contributed by atoms with Crippen molar-refractivity contribution >= 4 is 45.6 Å². The van der Waals surface area contributed by atoms with Crippen LogP contribution in [0.5, 0.6) is 0 Å². The Kier molecular flexibility index (Phi) is 3.94. The average Bonchev–Trinajstić information content (AvgIpc) is 3.32. The molecule has 0 bridgehead atoms. The van der Waals surface area contributed by atoms with E-state index in [1.54, 1.807) is 0 Å². The number of aromatic amines is 1. The third-order valence-electron chi connectivity index (χ3n) is 5.14. The van der Waals surface area contributed by atoms with Crippen LogP contribution in [0.3, 0.4) is 0 Å². The second kappa shape index (κ2) is 6.63. The number of carbonyl (C=O) groups excluding carboxylic acids is 1. The SMILES string of the molecule is Cc1cc(N(C)c2ccc3[nH]ccc3c2)nc(Nc2cccc3c2CC(=O)N3)n1. The molecule has 7 nitrogen and oxygen atoms in total. The number of fused-ring (bicyclic) bond motifs is 2. The molecule has 1 aliphatic rings. The molecule has 0 spiro atoms. The first-order valence-corrected chi connectivity index (χ1v) is 9.42. The van der Waals surface area contributed by atoms with E-state index in [1.165, 1.54) is 0 Å². The van der Waals surface area contributed by atoms with E-state index in [-0.39, 0.29) is 5.91 Å². The zero-order chi connectivity index (χ0) is 20.0. The molecule has 0 atom stereocenters. The molecule has 0 radical (unpaired) electrons. The van der Waals surface area contributed by atoms with Gasteiger partial charge in [0.2, 0.25) is 11.9 Å². The Balaban J connectivity index is 1.48. The van der Waals surface area contributed by atoms with E-state index < -0.39 is 0 Å². The fraction of sp³-hybridized carbons (Fsp3) is 0.136. The van der Waals surface area contributed by atoms with Crippen LogP contribution < -0.4 is 15.5 Å². The van der Waals surface area contributed by atoms with Crippen molar-refractivity contribution in [3.63, 3.8) is 0 Å². The monoisotopic (exact) mass is 384 g/mol. The lowest BCUT2D eigenvalue weighted by atomic mass is 10.1. The van der Waals surface area contributed by atoms with Crippen molar-refractivity contribution in [3.05, 3.63) is 66.0 Å². The van der Waals surface area contributed by atoms with Gasteiger partial charge in [0.15, 0.2) is 0 Å². The van der Waals surface area contributed by atoms with Crippen LogP contribution in [0.25, 0.3) is 10.9 Å². The molecule has 29 heavy (non-hydrogen) atoms. The number of anilines is 5. The number of aromatic nitrogens is 3. The van der Waals surface area contributed by atoms with Crippen molar-refractivity contribution < 1.29 is 4.79 Å². The molecule has 4 aromatic rings. The fourth-order valence-corrected chi connectivity index (χ4v) is 3.65. The molecule has 0 fully saturated rings. The summed E-state index contributed by atoms with van der Waals surface area (Å²) in [6.07, 6.45) is 2.29. The molecule has 3 heterocycles. The molecule has 144 valence electrons. The highest BCUT2D eigenvalue weighted by atomic mass is 16.1. The third kappa shape index (κ3) is 3.16. The third-order valence-corrected chi connectivity index (χ3v) is 5.14. The topological polar surface area (TPSA) is 85.9 Å². The lowest BCUT2D eigenvalue weighted by molar-refractivity contribution is -0.115. The van der Waals surface area contributed by atoms with Crippen molar-refractivity contribution in [2.45, 2.75) is 13.3 Å². The first-order chi connectivity index (χ1) is 14.1. The van der Waals surface area contributed by atoms with E-state index in [0.29, 0.717) is 12.4 Å². The van der Waals surface area contributed by atoms with Crippen LogP contribution >= 0.6 is 0 Å². The van der Waals surface area contributed by atoms with Crippen LogP contribution in [-0.2, 0) is 11.2 Å². The summed E-state index contributed by atoms with van der Waals surface area (Å²) in [5.74, 6) is 1.29. The van der Waals surface area contributed by atoms with E-state index in [4.69, 9.17) is 4.98 Å². The zero-order valence-corrected chi connectivity index (χ0v) is 16.2. The normalized spacial score (nSPS) is 12.7. The van der Waals surface area contributed by atoms with Crippen LogP contribution in [0.4, 0.5) is 28.8 Å². The lowest BCUT2D eigenvalue weighted by Crippen LogP contribution is -2.13. The Morgan fingerprint density at radius 3 is 2.90 bits per heavy atom. The van der Waals surface area contributed by atoms with E-state index in [2.05, 4.69) is 44.9 Å². The van der Waals surface area contributed by atoms with Gasteiger partial charge in [-0.3, -0.25) is 4.79 Å². The number of hydrogen-bond acceptors (Lipinski definition) is 5. The highest BCUT2D eigenvalue weighted by Crippen LogP contribution is 2.32. The molecule has 0 aliphatic carbocycles. The number of carbonyl (C=O) groups is 1. The van der Waals surface area contributed by atoms with Crippen molar-refractivity contribution in [1.82, 2.24) is 15.0 Å². The second-order valence-electron chi connectivity index (χ2n) is 7.18.